The Morgan fingerprint density at radius 3 is 1.67 bits per heavy atom. The first-order chi connectivity index (χ1) is 22.6. The number of pyridine rings is 1. The van der Waals surface area contributed by atoms with Crippen LogP contribution in [0.5, 0.6) is 0 Å². The van der Waals surface area contributed by atoms with Gasteiger partial charge in [-0.15, -0.1) is 11.3 Å². The fraction of sp³-hybridized carbons (Fsp3) is 0.0732. The number of fused-ring (bicyclic) bond motifs is 7. The molecule has 0 atom stereocenters. The Morgan fingerprint density at radius 2 is 1.02 bits per heavy atom. The van der Waals surface area contributed by atoms with Gasteiger partial charge in [0.25, 0.3) is 0 Å². The van der Waals surface area contributed by atoms with Crippen LogP contribution in [-0.4, -0.2) is 19.9 Å². The van der Waals surface area contributed by atoms with Crippen molar-refractivity contribution in [3.05, 3.63) is 145 Å². The number of aromatic nitrogens is 4. The number of thiophene rings is 1. The van der Waals surface area contributed by atoms with Crippen molar-refractivity contribution in [2.75, 3.05) is 0 Å². The Hall–Kier alpha value is -5.52. The van der Waals surface area contributed by atoms with Crippen molar-refractivity contribution >= 4 is 31.6 Å². The Labute approximate surface area is 271 Å². The van der Waals surface area contributed by atoms with Gasteiger partial charge in [-0.25, -0.2) is 19.9 Å². The summed E-state index contributed by atoms with van der Waals surface area (Å²) in [5.74, 6) is 1.95. The van der Waals surface area contributed by atoms with Gasteiger partial charge in [-0.05, 0) is 22.8 Å². The lowest BCUT2D eigenvalue weighted by molar-refractivity contribution is 0.667. The molecule has 0 spiro atoms. The highest BCUT2D eigenvalue weighted by Crippen LogP contribution is 2.56. The van der Waals surface area contributed by atoms with Crippen LogP contribution in [0.3, 0.4) is 0 Å². The van der Waals surface area contributed by atoms with E-state index in [-0.39, 0.29) is 5.41 Å². The first-order valence-electron chi connectivity index (χ1n) is 15.5. The Morgan fingerprint density at radius 1 is 0.500 bits per heavy atom. The predicted octanol–water partition coefficient (Wildman–Crippen LogP) is 10.6. The minimum atomic E-state index is -0.144. The van der Waals surface area contributed by atoms with E-state index in [1.165, 1.54) is 37.0 Å². The zero-order valence-electron chi connectivity index (χ0n) is 25.4. The molecule has 9 rings (SSSR count). The van der Waals surface area contributed by atoms with Crippen LogP contribution in [0.1, 0.15) is 25.0 Å². The maximum atomic E-state index is 5.45. The summed E-state index contributed by atoms with van der Waals surface area (Å²) in [5, 5.41) is 1.21. The van der Waals surface area contributed by atoms with E-state index in [1.807, 2.05) is 72.0 Å². The molecule has 46 heavy (non-hydrogen) atoms. The summed E-state index contributed by atoms with van der Waals surface area (Å²) in [4.78, 5) is 20.2. The third-order valence-electron chi connectivity index (χ3n) is 9.12. The van der Waals surface area contributed by atoms with Crippen molar-refractivity contribution in [2.45, 2.75) is 19.3 Å². The molecule has 1 aliphatic carbocycles. The number of benzene rings is 5. The van der Waals surface area contributed by atoms with Crippen molar-refractivity contribution in [3.8, 4) is 56.5 Å². The topological polar surface area (TPSA) is 51.6 Å². The lowest BCUT2D eigenvalue weighted by atomic mass is 9.82. The summed E-state index contributed by atoms with van der Waals surface area (Å²) >= 11 is 1.86. The van der Waals surface area contributed by atoms with Crippen molar-refractivity contribution < 1.29 is 0 Å². The maximum Gasteiger partial charge on any atom is 0.164 e. The van der Waals surface area contributed by atoms with E-state index in [0.29, 0.717) is 17.5 Å². The van der Waals surface area contributed by atoms with E-state index in [9.17, 15) is 0 Å². The van der Waals surface area contributed by atoms with Gasteiger partial charge >= 0.3 is 0 Å². The van der Waals surface area contributed by atoms with E-state index >= 15 is 0 Å². The summed E-state index contributed by atoms with van der Waals surface area (Å²) in [7, 11) is 0. The van der Waals surface area contributed by atoms with Crippen LogP contribution in [0.15, 0.2) is 133 Å². The highest BCUT2D eigenvalue weighted by Gasteiger charge is 2.40. The largest absolute Gasteiger partial charge is 0.246 e. The molecule has 1 aliphatic rings. The first-order valence-corrected chi connectivity index (χ1v) is 16.3. The van der Waals surface area contributed by atoms with Crippen molar-refractivity contribution in [1.29, 1.82) is 0 Å². The zero-order chi connectivity index (χ0) is 30.8. The van der Waals surface area contributed by atoms with Crippen LogP contribution in [0.2, 0.25) is 0 Å². The fourth-order valence-corrected chi connectivity index (χ4v) is 8.23. The average molecular weight is 609 g/mol. The third-order valence-corrected chi connectivity index (χ3v) is 10.3. The van der Waals surface area contributed by atoms with Gasteiger partial charge in [-0.3, -0.25) is 0 Å². The first kappa shape index (κ1) is 26.8. The quantitative estimate of drug-likeness (QED) is 0.199. The molecular formula is C41H28N4S. The fourth-order valence-electron chi connectivity index (χ4n) is 6.88. The monoisotopic (exact) mass is 608 g/mol. The molecule has 8 aromatic rings. The van der Waals surface area contributed by atoms with Gasteiger partial charge in [0.15, 0.2) is 17.5 Å². The van der Waals surface area contributed by atoms with Gasteiger partial charge < -0.3 is 0 Å². The van der Waals surface area contributed by atoms with Crippen molar-refractivity contribution in [2.24, 2.45) is 0 Å². The summed E-state index contributed by atoms with van der Waals surface area (Å²) in [6, 6.07) is 46.2. The Bertz CT molecular complexity index is 2370. The molecule has 0 radical (unpaired) electrons. The van der Waals surface area contributed by atoms with Crippen LogP contribution < -0.4 is 0 Å². The second kappa shape index (κ2) is 10.3. The lowest BCUT2D eigenvalue weighted by Crippen LogP contribution is -2.15. The number of nitrogens with zero attached hydrogens (tertiary/aromatic N) is 4. The molecule has 0 N–H and O–H groups in total. The van der Waals surface area contributed by atoms with E-state index < -0.39 is 0 Å². The molecular weight excluding hydrogens is 581 g/mol. The van der Waals surface area contributed by atoms with Gasteiger partial charge in [0.2, 0.25) is 0 Å². The van der Waals surface area contributed by atoms with Crippen molar-refractivity contribution in [3.63, 3.8) is 0 Å². The smallest absolute Gasteiger partial charge is 0.164 e. The second-order valence-electron chi connectivity index (χ2n) is 12.3. The van der Waals surface area contributed by atoms with Crippen LogP contribution in [0, 0.1) is 0 Å². The molecule has 0 saturated carbocycles. The van der Waals surface area contributed by atoms with Crippen LogP contribution in [0.25, 0.3) is 76.9 Å². The molecule has 5 aromatic carbocycles. The minimum Gasteiger partial charge on any atom is -0.246 e. The summed E-state index contributed by atoms with van der Waals surface area (Å²) < 4.78 is 2.55. The Kier molecular flexibility index (Phi) is 5.99. The summed E-state index contributed by atoms with van der Waals surface area (Å²) in [6.45, 7) is 4.70. The zero-order valence-corrected chi connectivity index (χ0v) is 26.2. The third kappa shape index (κ3) is 4.12. The number of hydrogen-bond acceptors (Lipinski definition) is 5. The number of hydrogen-bond donors (Lipinski definition) is 0. The molecule has 218 valence electrons. The molecule has 4 nitrogen and oxygen atoms in total. The molecule has 3 aromatic heterocycles. The standard InChI is InChI=1S/C41H28N4S/c1-41(2)31-19-11-9-17-29(31)33-34(41)37-36(30-18-10-12-20-32(30)46-37)42-35(33)25-21-23-28(24-22-25)40-44-38(26-13-5-3-6-14-26)43-39(45-40)27-15-7-4-8-16-27/h3-24H,1-2H3. The minimum absolute atomic E-state index is 0.144. The van der Waals surface area contributed by atoms with E-state index in [1.54, 1.807) is 0 Å². The Balaban J connectivity index is 1.23. The van der Waals surface area contributed by atoms with E-state index in [4.69, 9.17) is 19.9 Å². The van der Waals surface area contributed by atoms with Gasteiger partial charge in [0.1, 0.15) is 0 Å². The highest BCUT2D eigenvalue weighted by atomic mass is 32.1. The molecule has 0 amide bonds. The van der Waals surface area contributed by atoms with E-state index in [2.05, 4.69) is 86.6 Å². The molecule has 0 bridgehead atoms. The number of rotatable bonds is 4. The summed E-state index contributed by atoms with van der Waals surface area (Å²) in [6.07, 6.45) is 0. The molecule has 3 heterocycles. The van der Waals surface area contributed by atoms with E-state index in [0.717, 1.165) is 33.5 Å². The van der Waals surface area contributed by atoms with Crippen LogP contribution in [-0.2, 0) is 5.41 Å². The molecule has 0 fully saturated rings. The summed E-state index contributed by atoms with van der Waals surface area (Å²) in [5.41, 5.74) is 11.1. The molecule has 0 saturated heterocycles. The van der Waals surface area contributed by atoms with Gasteiger partial charge in [0.05, 0.1) is 15.9 Å². The second-order valence-corrected chi connectivity index (χ2v) is 13.3. The van der Waals surface area contributed by atoms with Gasteiger partial charge in [-0.1, -0.05) is 141 Å². The van der Waals surface area contributed by atoms with Crippen molar-refractivity contribution in [1.82, 2.24) is 19.9 Å². The predicted molar refractivity (Wildman–Crippen MR) is 190 cm³/mol. The van der Waals surface area contributed by atoms with Crippen LogP contribution in [0.4, 0.5) is 0 Å². The molecule has 5 heteroatoms. The van der Waals surface area contributed by atoms with Gasteiger partial charge in [-0.2, -0.15) is 0 Å². The molecule has 0 aliphatic heterocycles. The normalized spacial score (nSPS) is 13.2. The maximum absolute atomic E-state index is 5.45. The molecule has 0 unspecified atom stereocenters. The van der Waals surface area contributed by atoms with Gasteiger partial charge in [0, 0.05) is 43.3 Å². The average Bonchev–Trinajstić information content (AvgIpc) is 3.60. The lowest BCUT2D eigenvalue weighted by Gasteiger charge is -2.22. The SMILES string of the molecule is CC1(C)c2ccccc2-c2c(-c3ccc(-c4nc(-c5ccccc5)nc(-c5ccccc5)n4)cc3)nc3c(sc4ccccc43)c21. The van der Waals surface area contributed by atoms with Crippen LogP contribution >= 0.6 is 11.3 Å². The highest BCUT2D eigenvalue weighted by molar-refractivity contribution is 7.26.